The standard InChI is InChI=1S/C12H15BrN2O5S/c13-11-3-2-9(8-10(11)12(16)17)14-21(18,19)15-4-1-6-20-7-5-15/h2-3,8,14H,1,4-7H2,(H,16,17). The molecule has 0 aromatic heterocycles. The highest BCUT2D eigenvalue weighted by molar-refractivity contribution is 9.10. The van der Waals surface area contributed by atoms with Crippen molar-refractivity contribution in [3.63, 3.8) is 0 Å². The minimum absolute atomic E-state index is 0.00519. The minimum atomic E-state index is -3.72. The van der Waals surface area contributed by atoms with Gasteiger partial charge >= 0.3 is 16.2 Å². The van der Waals surface area contributed by atoms with Crippen molar-refractivity contribution in [3.8, 4) is 0 Å². The van der Waals surface area contributed by atoms with Crippen molar-refractivity contribution < 1.29 is 23.1 Å². The maximum absolute atomic E-state index is 12.3. The second-order valence-corrected chi connectivity index (χ2v) is 7.00. The number of nitrogens with one attached hydrogen (secondary N) is 1. The van der Waals surface area contributed by atoms with Crippen LogP contribution in [-0.4, -0.2) is 50.1 Å². The number of benzene rings is 1. The second kappa shape index (κ2) is 6.73. The first-order valence-electron chi connectivity index (χ1n) is 6.28. The molecule has 1 aromatic carbocycles. The first kappa shape index (κ1) is 16.2. The van der Waals surface area contributed by atoms with Crippen molar-refractivity contribution in [2.75, 3.05) is 31.0 Å². The molecule has 0 saturated carbocycles. The predicted molar refractivity (Wildman–Crippen MR) is 80.7 cm³/mol. The van der Waals surface area contributed by atoms with Gasteiger partial charge in [-0.1, -0.05) is 0 Å². The average molecular weight is 379 g/mol. The third-order valence-electron chi connectivity index (χ3n) is 2.96. The van der Waals surface area contributed by atoms with E-state index in [0.717, 1.165) is 0 Å². The smallest absolute Gasteiger partial charge is 0.336 e. The fourth-order valence-electron chi connectivity index (χ4n) is 1.93. The molecular formula is C12H15BrN2O5S. The number of halogens is 1. The van der Waals surface area contributed by atoms with Crippen LogP contribution in [0.3, 0.4) is 0 Å². The molecule has 0 radical (unpaired) electrons. The lowest BCUT2D eigenvalue weighted by Gasteiger charge is -2.20. The van der Waals surface area contributed by atoms with Crippen molar-refractivity contribution in [1.82, 2.24) is 4.31 Å². The Morgan fingerprint density at radius 3 is 2.81 bits per heavy atom. The second-order valence-electron chi connectivity index (χ2n) is 4.47. The highest BCUT2D eigenvalue weighted by Gasteiger charge is 2.23. The summed E-state index contributed by atoms with van der Waals surface area (Å²) >= 11 is 3.11. The zero-order valence-electron chi connectivity index (χ0n) is 11.1. The van der Waals surface area contributed by atoms with Gasteiger partial charge in [0.1, 0.15) is 0 Å². The molecular weight excluding hydrogens is 364 g/mol. The fraction of sp³-hybridized carbons (Fsp3) is 0.417. The number of rotatable bonds is 4. The molecule has 0 aliphatic carbocycles. The number of carboxylic acid groups (broad SMARTS) is 1. The Kier molecular flexibility index (Phi) is 5.20. The molecule has 7 nitrogen and oxygen atoms in total. The van der Waals surface area contributed by atoms with Crippen molar-refractivity contribution in [1.29, 1.82) is 0 Å². The van der Waals surface area contributed by atoms with E-state index in [0.29, 0.717) is 30.7 Å². The number of nitrogens with zero attached hydrogens (tertiary/aromatic N) is 1. The topological polar surface area (TPSA) is 95.9 Å². The van der Waals surface area contributed by atoms with Crippen LogP contribution in [-0.2, 0) is 14.9 Å². The van der Waals surface area contributed by atoms with Crippen LogP contribution < -0.4 is 4.72 Å². The van der Waals surface area contributed by atoms with Gasteiger partial charge in [0, 0.05) is 24.2 Å². The van der Waals surface area contributed by atoms with E-state index in [1.54, 1.807) is 0 Å². The van der Waals surface area contributed by atoms with Gasteiger partial charge in [-0.3, -0.25) is 4.72 Å². The first-order valence-corrected chi connectivity index (χ1v) is 8.52. The molecule has 1 aromatic rings. The maximum atomic E-state index is 12.3. The molecule has 1 heterocycles. The average Bonchev–Trinajstić information content (AvgIpc) is 2.70. The molecule has 1 fully saturated rings. The summed E-state index contributed by atoms with van der Waals surface area (Å²) in [7, 11) is -3.72. The van der Waals surface area contributed by atoms with Gasteiger partial charge in [0.15, 0.2) is 0 Å². The molecule has 9 heteroatoms. The van der Waals surface area contributed by atoms with Crippen LogP contribution >= 0.6 is 15.9 Å². The van der Waals surface area contributed by atoms with Crippen LogP contribution in [0.5, 0.6) is 0 Å². The normalized spacial score (nSPS) is 17.2. The largest absolute Gasteiger partial charge is 0.478 e. The molecule has 116 valence electrons. The maximum Gasteiger partial charge on any atom is 0.336 e. The number of carbonyl (C=O) groups is 1. The molecule has 0 unspecified atom stereocenters. The molecule has 1 aliphatic rings. The van der Waals surface area contributed by atoms with Crippen LogP contribution in [0.15, 0.2) is 22.7 Å². The summed E-state index contributed by atoms with van der Waals surface area (Å²) in [4.78, 5) is 11.1. The summed E-state index contributed by atoms with van der Waals surface area (Å²) in [5, 5.41) is 9.04. The van der Waals surface area contributed by atoms with E-state index in [1.165, 1.54) is 22.5 Å². The van der Waals surface area contributed by atoms with Crippen LogP contribution in [0.1, 0.15) is 16.8 Å². The van der Waals surface area contributed by atoms with Gasteiger partial charge in [-0.2, -0.15) is 12.7 Å². The summed E-state index contributed by atoms with van der Waals surface area (Å²) < 4.78 is 33.8. The van der Waals surface area contributed by atoms with Gasteiger partial charge in [-0.25, -0.2) is 4.79 Å². The predicted octanol–water partition coefficient (Wildman–Crippen LogP) is 1.53. The molecule has 1 aliphatic heterocycles. The van der Waals surface area contributed by atoms with Gasteiger partial charge in [-0.05, 0) is 40.5 Å². The Morgan fingerprint density at radius 2 is 2.10 bits per heavy atom. The van der Waals surface area contributed by atoms with Crippen LogP contribution in [0.4, 0.5) is 5.69 Å². The van der Waals surface area contributed by atoms with Gasteiger partial charge in [0.05, 0.1) is 17.9 Å². The number of ether oxygens (including phenoxy) is 1. The SMILES string of the molecule is O=C(O)c1cc(NS(=O)(=O)N2CCCOCC2)ccc1Br. The molecule has 2 N–H and O–H groups in total. The summed E-state index contributed by atoms with van der Waals surface area (Å²) in [6.45, 7) is 1.53. The van der Waals surface area contributed by atoms with Crippen LogP contribution in [0.2, 0.25) is 0 Å². The molecule has 0 spiro atoms. The van der Waals surface area contributed by atoms with Gasteiger partial charge in [-0.15, -0.1) is 0 Å². The highest BCUT2D eigenvalue weighted by atomic mass is 79.9. The van der Waals surface area contributed by atoms with Gasteiger partial charge in [0.2, 0.25) is 0 Å². The van der Waals surface area contributed by atoms with E-state index in [-0.39, 0.29) is 17.8 Å². The Balaban J connectivity index is 2.20. The fourth-order valence-corrected chi connectivity index (χ4v) is 3.58. The zero-order valence-corrected chi connectivity index (χ0v) is 13.5. The number of carboxylic acids is 1. The Bertz CT molecular complexity index is 627. The monoisotopic (exact) mass is 378 g/mol. The van der Waals surface area contributed by atoms with Crippen molar-refractivity contribution >= 4 is 37.8 Å². The Labute approximate surface area is 131 Å². The number of hydrogen-bond donors (Lipinski definition) is 2. The molecule has 21 heavy (non-hydrogen) atoms. The molecule has 2 rings (SSSR count). The highest BCUT2D eigenvalue weighted by Crippen LogP contribution is 2.22. The number of anilines is 1. The summed E-state index contributed by atoms with van der Waals surface area (Å²) in [6.07, 6.45) is 0.627. The van der Waals surface area contributed by atoms with Crippen LogP contribution in [0, 0.1) is 0 Å². The van der Waals surface area contributed by atoms with E-state index in [2.05, 4.69) is 20.7 Å². The third kappa shape index (κ3) is 4.16. The lowest BCUT2D eigenvalue weighted by atomic mass is 10.2. The number of aromatic carboxylic acids is 1. The zero-order chi connectivity index (χ0) is 15.5. The Morgan fingerprint density at radius 1 is 1.33 bits per heavy atom. The van der Waals surface area contributed by atoms with E-state index < -0.39 is 16.2 Å². The molecule has 0 bridgehead atoms. The van der Waals surface area contributed by atoms with E-state index in [1.807, 2.05) is 0 Å². The van der Waals surface area contributed by atoms with E-state index in [9.17, 15) is 13.2 Å². The lowest BCUT2D eigenvalue weighted by Crippen LogP contribution is -2.37. The number of hydrogen-bond acceptors (Lipinski definition) is 4. The van der Waals surface area contributed by atoms with E-state index >= 15 is 0 Å². The molecule has 0 amide bonds. The van der Waals surface area contributed by atoms with Crippen LogP contribution in [0.25, 0.3) is 0 Å². The summed E-state index contributed by atoms with van der Waals surface area (Å²) in [5.74, 6) is -1.13. The van der Waals surface area contributed by atoms with Crippen molar-refractivity contribution in [2.24, 2.45) is 0 Å². The summed E-state index contributed by atoms with van der Waals surface area (Å²) in [5.41, 5.74) is 0.204. The van der Waals surface area contributed by atoms with Crippen molar-refractivity contribution in [3.05, 3.63) is 28.2 Å². The van der Waals surface area contributed by atoms with Crippen molar-refractivity contribution in [2.45, 2.75) is 6.42 Å². The quantitative estimate of drug-likeness (QED) is 0.827. The third-order valence-corrected chi connectivity index (χ3v) is 5.19. The van der Waals surface area contributed by atoms with E-state index in [4.69, 9.17) is 9.84 Å². The van der Waals surface area contributed by atoms with Gasteiger partial charge < -0.3 is 9.84 Å². The summed E-state index contributed by atoms with van der Waals surface area (Å²) in [6, 6.07) is 4.27. The molecule has 0 atom stereocenters. The van der Waals surface area contributed by atoms with Gasteiger partial charge in [0.25, 0.3) is 0 Å². The molecule has 1 saturated heterocycles. The first-order chi connectivity index (χ1) is 9.90. The lowest BCUT2D eigenvalue weighted by molar-refractivity contribution is 0.0696. The minimum Gasteiger partial charge on any atom is -0.478 e. The Hall–Kier alpha value is -1.16.